The highest BCUT2D eigenvalue weighted by Crippen LogP contribution is 2.28. The molecular weight excluding hydrogens is 234 g/mol. The molecule has 0 heterocycles. The number of nitrogens with two attached hydrogens (primary N) is 1. The lowest BCUT2D eigenvalue weighted by atomic mass is 10.1. The Bertz CT molecular complexity index is 626. The second-order valence-electron chi connectivity index (χ2n) is 4.56. The maximum atomic E-state index is 8.82. The number of aryl methyl sites for hydroxylation is 1. The van der Waals surface area contributed by atoms with Crippen LogP contribution in [0.25, 0.3) is 0 Å². The highest BCUT2D eigenvalue weighted by molar-refractivity contribution is 5.68. The van der Waals surface area contributed by atoms with Gasteiger partial charge in [0.15, 0.2) is 0 Å². The van der Waals surface area contributed by atoms with E-state index < -0.39 is 0 Å². The molecule has 19 heavy (non-hydrogen) atoms. The third-order valence-electron chi connectivity index (χ3n) is 3.26. The molecule has 0 bridgehead atoms. The van der Waals surface area contributed by atoms with Crippen LogP contribution in [0.2, 0.25) is 0 Å². The van der Waals surface area contributed by atoms with Gasteiger partial charge >= 0.3 is 0 Å². The SMILES string of the molecule is Cc1ccccc1N(C)c1ccc(N)c(CC#N)c1. The number of nitrogens with zero attached hydrogens (tertiary/aromatic N) is 2. The van der Waals surface area contributed by atoms with Crippen molar-refractivity contribution < 1.29 is 0 Å². The van der Waals surface area contributed by atoms with E-state index in [0.717, 1.165) is 16.9 Å². The Morgan fingerprint density at radius 2 is 1.95 bits per heavy atom. The average molecular weight is 251 g/mol. The summed E-state index contributed by atoms with van der Waals surface area (Å²) in [5.74, 6) is 0. The third kappa shape index (κ3) is 2.69. The van der Waals surface area contributed by atoms with Crippen LogP contribution in [0.5, 0.6) is 0 Å². The first-order valence-corrected chi connectivity index (χ1v) is 6.18. The number of hydrogen-bond donors (Lipinski definition) is 1. The van der Waals surface area contributed by atoms with E-state index in [9.17, 15) is 0 Å². The topological polar surface area (TPSA) is 53.0 Å². The first-order chi connectivity index (χ1) is 9.13. The Labute approximate surface area is 113 Å². The van der Waals surface area contributed by atoms with E-state index in [1.54, 1.807) is 0 Å². The monoisotopic (exact) mass is 251 g/mol. The van der Waals surface area contributed by atoms with Gasteiger partial charge in [-0.2, -0.15) is 5.26 Å². The predicted octanol–water partition coefficient (Wildman–Crippen LogP) is 3.41. The molecule has 0 radical (unpaired) electrons. The van der Waals surface area contributed by atoms with E-state index >= 15 is 0 Å². The first-order valence-electron chi connectivity index (χ1n) is 6.18. The van der Waals surface area contributed by atoms with Crippen molar-refractivity contribution in [3.8, 4) is 6.07 Å². The molecule has 0 amide bonds. The van der Waals surface area contributed by atoms with Crippen molar-refractivity contribution in [2.75, 3.05) is 17.7 Å². The lowest BCUT2D eigenvalue weighted by Crippen LogP contribution is -2.11. The van der Waals surface area contributed by atoms with Crippen molar-refractivity contribution >= 4 is 17.1 Å². The molecule has 0 aliphatic carbocycles. The zero-order valence-electron chi connectivity index (χ0n) is 11.2. The summed E-state index contributed by atoms with van der Waals surface area (Å²) in [6, 6.07) is 16.2. The maximum Gasteiger partial charge on any atom is 0.0670 e. The minimum absolute atomic E-state index is 0.335. The molecule has 0 aromatic heterocycles. The Kier molecular flexibility index (Phi) is 3.72. The van der Waals surface area contributed by atoms with E-state index in [2.05, 4.69) is 30.0 Å². The van der Waals surface area contributed by atoms with Gasteiger partial charge in [0.1, 0.15) is 0 Å². The van der Waals surface area contributed by atoms with Crippen molar-refractivity contribution in [3.63, 3.8) is 0 Å². The molecular formula is C16H17N3. The molecule has 0 unspecified atom stereocenters. The van der Waals surface area contributed by atoms with E-state index in [0.29, 0.717) is 12.1 Å². The van der Waals surface area contributed by atoms with Crippen molar-refractivity contribution in [1.82, 2.24) is 0 Å². The van der Waals surface area contributed by atoms with Gasteiger partial charge in [-0.15, -0.1) is 0 Å². The van der Waals surface area contributed by atoms with Crippen LogP contribution in [0.3, 0.4) is 0 Å². The van der Waals surface area contributed by atoms with Crippen molar-refractivity contribution in [2.24, 2.45) is 0 Å². The second kappa shape index (κ2) is 5.45. The number of para-hydroxylation sites is 1. The third-order valence-corrected chi connectivity index (χ3v) is 3.26. The molecule has 2 aromatic rings. The summed E-state index contributed by atoms with van der Waals surface area (Å²) in [6.45, 7) is 2.08. The molecule has 0 saturated carbocycles. The maximum absolute atomic E-state index is 8.82. The molecule has 2 aromatic carbocycles. The van der Waals surface area contributed by atoms with Gasteiger partial charge in [0.2, 0.25) is 0 Å². The summed E-state index contributed by atoms with van der Waals surface area (Å²) >= 11 is 0. The van der Waals surface area contributed by atoms with Gasteiger partial charge in [-0.25, -0.2) is 0 Å². The number of benzene rings is 2. The highest BCUT2D eigenvalue weighted by atomic mass is 15.1. The molecule has 0 atom stereocenters. The van der Waals surface area contributed by atoms with Crippen LogP contribution in [-0.4, -0.2) is 7.05 Å². The normalized spacial score (nSPS) is 9.95. The molecule has 2 rings (SSSR count). The molecule has 0 saturated heterocycles. The Morgan fingerprint density at radius 3 is 2.63 bits per heavy atom. The van der Waals surface area contributed by atoms with Crippen LogP contribution in [-0.2, 0) is 6.42 Å². The number of nitrogen functional groups attached to an aromatic ring is 1. The molecule has 0 aliphatic heterocycles. The van der Waals surface area contributed by atoms with Gasteiger partial charge in [0.25, 0.3) is 0 Å². The summed E-state index contributed by atoms with van der Waals surface area (Å²) in [5, 5.41) is 8.82. The van der Waals surface area contributed by atoms with Crippen LogP contribution in [0, 0.1) is 18.3 Å². The van der Waals surface area contributed by atoms with Crippen molar-refractivity contribution in [2.45, 2.75) is 13.3 Å². The Balaban J connectivity index is 2.40. The van der Waals surface area contributed by atoms with E-state index in [-0.39, 0.29) is 0 Å². The van der Waals surface area contributed by atoms with Crippen LogP contribution in [0.15, 0.2) is 42.5 Å². The summed E-state index contributed by atoms with van der Waals surface area (Å²) in [7, 11) is 2.02. The van der Waals surface area contributed by atoms with Crippen LogP contribution in [0.4, 0.5) is 17.1 Å². The van der Waals surface area contributed by atoms with Gasteiger partial charge in [-0.1, -0.05) is 18.2 Å². The van der Waals surface area contributed by atoms with E-state index in [1.807, 2.05) is 37.4 Å². The van der Waals surface area contributed by atoms with E-state index in [4.69, 9.17) is 11.0 Å². The van der Waals surface area contributed by atoms with Crippen LogP contribution >= 0.6 is 0 Å². The smallest absolute Gasteiger partial charge is 0.0670 e. The molecule has 0 aliphatic rings. The lowest BCUT2D eigenvalue weighted by molar-refractivity contribution is 1.17. The summed E-state index contributed by atoms with van der Waals surface area (Å²) in [5.41, 5.74) is 10.8. The zero-order valence-corrected chi connectivity index (χ0v) is 11.2. The summed E-state index contributed by atoms with van der Waals surface area (Å²) in [4.78, 5) is 2.11. The quantitative estimate of drug-likeness (QED) is 0.850. The van der Waals surface area contributed by atoms with Crippen molar-refractivity contribution in [3.05, 3.63) is 53.6 Å². The van der Waals surface area contributed by atoms with Gasteiger partial charge < -0.3 is 10.6 Å². The first kappa shape index (κ1) is 13.0. The standard InChI is InChI=1S/C16H17N3/c1-12-5-3-4-6-16(12)19(2)14-7-8-15(18)13(11-14)9-10-17/h3-8,11H,9,18H2,1-2H3. The fourth-order valence-corrected chi connectivity index (χ4v) is 2.12. The Morgan fingerprint density at radius 1 is 1.21 bits per heavy atom. The van der Waals surface area contributed by atoms with E-state index in [1.165, 1.54) is 5.56 Å². The number of anilines is 3. The van der Waals surface area contributed by atoms with Gasteiger partial charge in [0.05, 0.1) is 12.5 Å². The second-order valence-corrected chi connectivity index (χ2v) is 4.56. The Hall–Kier alpha value is -2.47. The van der Waals surface area contributed by atoms with Crippen LogP contribution in [0.1, 0.15) is 11.1 Å². The fraction of sp³-hybridized carbons (Fsp3) is 0.188. The number of nitriles is 1. The van der Waals surface area contributed by atoms with Crippen LogP contribution < -0.4 is 10.6 Å². The lowest BCUT2D eigenvalue weighted by Gasteiger charge is -2.22. The minimum Gasteiger partial charge on any atom is -0.398 e. The molecule has 0 fully saturated rings. The molecule has 96 valence electrons. The van der Waals surface area contributed by atoms with Gasteiger partial charge in [-0.3, -0.25) is 0 Å². The minimum atomic E-state index is 0.335. The van der Waals surface area contributed by atoms with Gasteiger partial charge in [0, 0.05) is 24.1 Å². The summed E-state index contributed by atoms with van der Waals surface area (Å²) in [6.07, 6.45) is 0.335. The fourth-order valence-electron chi connectivity index (χ4n) is 2.12. The van der Waals surface area contributed by atoms with Crippen molar-refractivity contribution in [1.29, 1.82) is 5.26 Å². The zero-order chi connectivity index (χ0) is 13.8. The van der Waals surface area contributed by atoms with Gasteiger partial charge in [-0.05, 0) is 42.3 Å². The molecule has 2 N–H and O–H groups in total. The molecule has 3 heteroatoms. The average Bonchev–Trinajstić information content (AvgIpc) is 2.41. The predicted molar refractivity (Wildman–Crippen MR) is 79.4 cm³/mol. The number of hydrogen-bond acceptors (Lipinski definition) is 3. The highest BCUT2D eigenvalue weighted by Gasteiger charge is 2.08. The largest absolute Gasteiger partial charge is 0.398 e. The molecule has 0 spiro atoms. The number of rotatable bonds is 3. The molecule has 3 nitrogen and oxygen atoms in total. The summed E-state index contributed by atoms with van der Waals surface area (Å²) < 4.78 is 0.